The van der Waals surface area contributed by atoms with E-state index in [4.69, 9.17) is 0 Å². The highest BCUT2D eigenvalue weighted by atomic mass is 32.2. The molecule has 39 heavy (non-hydrogen) atoms. The summed E-state index contributed by atoms with van der Waals surface area (Å²) in [7, 11) is -4.06. The van der Waals surface area contributed by atoms with Gasteiger partial charge < -0.3 is 10.2 Å². The molecule has 0 bridgehead atoms. The topological polar surface area (TPSA) is 86.8 Å². The Labute approximate surface area is 232 Å². The quantitative estimate of drug-likeness (QED) is 0.296. The summed E-state index contributed by atoms with van der Waals surface area (Å²) in [6, 6.07) is 22.2. The second-order valence-electron chi connectivity index (χ2n) is 9.74. The highest BCUT2D eigenvalue weighted by Crippen LogP contribution is 2.25. The Bertz CT molecular complexity index is 1360. The Morgan fingerprint density at radius 1 is 0.872 bits per heavy atom. The number of anilines is 1. The molecule has 0 saturated carbocycles. The molecule has 0 fully saturated rings. The molecule has 0 aliphatic carbocycles. The van der Waals surface area contributed by atoms with E-state index in [2.05, 4.69) is 5.32 Å². The molecule has 0 saturated heterocycles. The summed E-state index contributed by atoms with van der Waals surface area (Å²) in [4.78, 5) is 28.9. The van der Waals surface area contributed by atoms with Crippen molar-refractivity contribution in [3.63, 3.8) is 0 Å². The number of aryl methyl sites for hydroxylation is 2. The maximum absolute atomic E-state index is 14.1. The molecule has 1 N–H and O–H groups in total. The van der Waals surface area contributed by atoms with E-state index in [1.54, 1.807) is 36.4 Å². The predicted octanol–water partition coefficient (Wildman–Crippen LogP) is 5.22. The fourth-order valence-electron chi connectivity index (χ4n) is 4.46. The Morgan fingerprint density at radius 3 is 2.15 bits per heavy atom. The lowest BCUT2D eigenvalue weighted by molar-refractivity contribution is -0.140. The van der Waals surface area contributed by atoms with Crippen LogP contribution in [0.1, 0.15) is 49.8 Å². The molecule has 3 rings (SSSR count). The van der Waals surface area contributed by atoms with Gasteiger partial charge in [-0.3, -0.25) is 13.9 Å². The molecular formula is C31H39N3O4S. The van der Waals surface area contributed by atoms with Crippen LogP contribution in [0.25, 0.3) is 0 Å². The first-order valence-corrected chi connectivity index (χ1v) is 14.9. The maximum atomic E-state index is 14.1. The van der Waals surface area contributed by atoms with E-state index in [-0.39, 0.29) is 17.3 Å². The fraction of sp³-hybridized carbons (Fsp3) is 0.355. The van der Waals surface area contributed by atoms with Crippen LogP contribution in [-0.2, 0) is 26.2 Å². The van der Waals surface area contributed by atoms with Crippen LogP contribution in [0.5, 0.6) is 0 Å². The molecule has 2 amide bonds. The van der Waals surface area contributed by atoms with E-state index in [9.17, 15) is 18.0 Å². The summed E-state index contributed by atoms with van der Waals surface area (Å²) in [5, 5.41) is 2.95. The molecule has 8 heteroatoms. The summed E-state index contributed by atoms with van der Waals surface area (Å²) < 4.78 is 28.8. The molecule has 0 heterocycles. The number of rotatable bonds is 13. The summed E-state index contributed by atoms with van der Waals surface area (Å²) >= 11 is 0. The number of carbonyl (C=O) groups excluding carboxylic acids is 2. The van der Waals surface area contributed by atoms with Crippen LogP contribution in [0.4, 0.5) is 5.69 Å². The van der Waals surface area contributed by atoms with Crippen molar-refractivity contribution in [3.8, 4) is 0 Å². The lowest BCUT2D eigenvalue weighted by Gasteiger charge is -2.33. The highest BCUT2D eigenvalue weighted by molar-refractivity contribution is 7.92. The van der Waals surface area contributed by atoms with Crippen LogP contribution in [0.15, 0.2) is 83.8 Å². The van der Waals surface area contributed by atoms with Gasteiger partial charge in [-0.1, -0.05) is 80.4 Å². The van der Waals surface area contributed by atoms with Gasteiger partial charge >= 0.3 is 0 Å². The molecule has 7 nitrogen and oxygen atoms in total. The average molecular weight is 550 g/mol. The van der Waals surface area contributed by atoms with Crippen molar-refractivity contribution < 1.29 is 18.0 Å². The first-order valence-electron chi connectivity index (χ1n) is 13.4. The van der Waals surface area contributed by atoms with E-state index >= 15 is 0 Å². The van der Waals surface area contributed by atoms with Crippen molar-refractivity contribution in [2.24, 2.45) is 0 Å². The van der Waals surface area contributed by atoms with Crippen LogP contribution >= 0.6 is 0 Å². The predicted molar refractivity (Wildman–Crippen MR) is 156 cm³/mol. The summed E-state index contributed by atoms with van der Waals surface area (Å²) in [5.41, 5.74) is 3.17. The molecular weight excluding hydrogens is 510 g/mol. The van der Waals surface area contributed by atoms with Crippen LogP contribution in [0, 0.1) is 13.8 Å². The van der Waals surface area contributed by atoms with Gasteiger partial charge in [-0.25, -0.2) is 8.42 Å². The highest BCUT2D eigenvalue weighted by Gasteiger charge is 2.33. The number of nitrogens with zero attached hydrogens (tertiary/aromatic N) is 2. The van der Waals surface area contributed by atoms with E-state index in [1.165, 1.54) is 17.0 Å². The molecule has 208 valence electrons. The van der Waals surface area contributed by atoms with Crippen molar-refractivity contribution in [3.05, 3.63) is 95.6 Å². The maximum Gasteiger partial charge on any atom is 0.264 e. The lowest BCUT2D eigenvalue weighted by atomic mass is 10.1. The number of unbranched alkanes of at least 4 members (excludes halogenated alkanes) is 1. The van der Waals surface area contributed by atoms with Crippen molar-refractivity contribution >= 4 is 27.5 Å². The SMILES string of the molecule is CCCCNC(=O)[C@H](CC)N(Cc1cccc(C)c1)C(=O)CN(c1cccc(C)c1)S(=O)(=O)c1ccccc1. The van der Waals surface area contributed by atoms with Gasteiger partial charge in [-0.15, -0.1) is 0 Å². The van der Waals surface area contributed by atoms with Crippen molar-refractivity contribution in [2.75, 3.05) is 17.4 Å². The molecule has 0 radical (unpaired) electrons. The molecule has 0 unspecified atom stereocenters. The monoisotopic (exact) mass is 549 g/mol. The number of carbonyl (C=O) groups is 2. The first-order chi connectivity index (χ1) is 18.7. The number of benzene rings is 3. The van der Waals surface area contributed by atoms with E-state index < -0.39 is 28.5 Å². The normalized spacial score (nSPS) is 12.0. The van der Waals surface area contributed by atoms with Gasteiger partial charge in [0.05, 0.1) is 10.6 Å². The van der Waals surface area contributed by atoms with Crippen molar-refractivity contribution in [2.45, 2.75) is 64.4 Å². The minimum atomic E-state index is -4.06. The molecule has 0 spiro atoms. The summed E-state index contributed by atoms with van der Waals surface area (Å²) in [5.74, 6) is -0.685. The molecule has 0 aromatic heterocycles. The molecule has 0 aliphatic heterocycles. The zero-order valence-corrected chi connectivity index (χ0v) is 24.1. The fourth-order valence-corrected chi connectivity index (χ4v) is 5.89. The lowest BCUT2D eigenvalue weighted by Crippen LogP contribution is -2.52. The van der Waals surface area contributed by atoms with Gasteiger partial charge in [-0.2, -0.15) is 0 Å². The van der Waals surface area contributed by atoms with Crippen LogP contribution in [0.3, 0.4) is 0 Å². The Balaban J connectivity index is 2.02. The number of nitrogens with one attached hydrogen (secondary N) is 1. The van der Waals surface area contributed by atoms with E-state index in [0.29, 0.717) is 18.7 Å². The molecule has 1 atom stereocenters. The zero-order chi connectivity index (χ0) is 28.4. The van der Waals surface area contributed by atoms with E-state index in [0.717, 1.165) is 33.8 Å². The third kappa shape index (κ3) is 7.93. The third-order valence-electron chi connectivity index (χ3n) is 6.55. The second kappa shape index (κ2) is 13.9. The smallest absolute Gasteiger partial charge is 0.264 e. The number of hydrogen-bond donors (Lipinski definition) is 1. The minimum Gasteiger partial charge on any atom is -0.354 e. The van der Waals surface area contributed by atoms with Gasteiger partial charge in [0, 0.05) is 13.1 Å². The Kier molecular flexibility index (Phi) is 10.7. The van der Waals surface area contributed by atoms with Crippen molar-refractivity contribution in [1.82, 2.24) is 10.2 Å². The number of hydrogen-bond acceptors (Lipinski definition) is 4. The van der Waals surface area contributed by atoms with E-state index in [1.807, 2.05) is 58.0 Å². The van der Waals surface area contributed by atoms with Gasteiger partial charge in [-0.05, 0) is 62.1 Å². The number of sulfonamides is 1. The minimum absolute atomic E-state index is 0.0916. The van der Waals surface area contributed by atoms with Gasteiger partial charge in [0.1, 0.15) is 12.6 Å². The van der Waals surface area contributed by atoms with Gasteiger partial charge in [0.2, 0.25) is 11.8 Å². The van der Waals surface area contributed by atoms with Crippen LogP contribution < -0.4 is 9.62 Å². The average Bonchev–Trinajstić information content (AvgIpc) is 2.92. The summed E-state index contributed by atoms with van der Waals surface area (Å²) in [6.07, 6.45) is 2.17. The third-order valence-corrected chi connectivity index (χ3v) is 8.34. The molecule has 3 aromatic rings. The second-order valence-corrected chi connectivity index (χ2v) is 11.6. The van der Waals surface area contributed by atoms with Gasteiger partial charge in [0.25, 0.3) is 10.0 Å². The zero-order valence-electron chi connectivity index (χ0n) is 23.3. The Hall–Kier alpha value is -3.65. The van der Waals surface area contributed by atoms with Crippen LogP contribution in [-0.4, -0.2) is 44.3 Å². The van der Waals surface area contributed by atoms with Crippen molar-refractivity contribution in [1.29, 1.82) is 0 Å². The van der Waals surface area contributed by atoms with Crippen LogP contribution in [0.2, 0.25) is 0 Å². The Morgan fingerprint density at radius 2 is 1.54 bits per heavy atom. The number of amides is 2. The largest absolute Gasteiger partial charge is 0.354 e. The molecule has 3 aromatic carbocycles. The molecule has 0 aliphatic rings. The standard InChI is InChI=1S/C31H39N3O4S/c1-5-7-19-32-31(36)29(6-2)33(22-26-15-11-13-24(3)20-26)30(35)23-34(27-16-12-14-25(4)21-27)39(37,38)28-17-9-8-10-18-28/h8-18,20-21,29H,5-7,19,22-23H2,1-4H3,(H,32,36)/t29-/m0/s1. The van der Waals surface area contributed by atoms with Gasteiger partial charge in [0.15, 0.2) is 0 Å². The first kappa shape index (κ1) is 29.9. The summed E-state index contributed by atoms with van der Waals surface area (Å²) in [6.45, 7) is 8.02.